The molecule has 102 valence electrons. The summed E-state index contributed by atoms with van der Waals surface area (Å²) in [6, 6.07) is 3.38. The van der Waals surface area contributed by atoms with Crippen molar-refractivity contribution in [3.05, 3.63) is 15.9 Å². The molecule has 1 fully saturated rings. The summed E-state index contributed by atoms with van der Waals surface area (Å²) in [5.41, 5.74) is 0.00155. The first-order chi connectivity index (χ1) is 8.36. The van der Waals surface area contributed by atoms with Crippen LogP contribution >= 0.6 is 27.3 Å². The molecule has 0 atom stereocenters. The molecule has 0 aromatic carbocycles. The van der Waals surface area contributed by atoms with Crippen LogP contribution in [0.4, 0.5) is 0 Å². The van der Waals surface area contributed by atoms with Crippen LogP contribution in [0, 0.1) is 0 Å². The van der Waals surface area contributed by atoms with Gasteiger partial charge in [0.15, 0.2) is 0 Å². The van der Waals surface area contributed by atoms with Gasteiger partial charge >= 0.3 is 0 Å². The Labute approximate surface area is 121 Å². The van der Waals surface area contributed by atoms with Gasteiger partial charge in [0.05, 0.1) is 3.79 Å². The molecule has 4 nitrogen and oxygen atoms in total. The molecule has 0 spiro atoms. The lowest BCUT2D eigenvalue weighted by Gasteiger charge is -2.47. The van der Waals surface area contributed by atoms with Crippen molar-refractivity contribution in [2.24, 2.45) is 0 Å². The van der Waals surface area contributed by atoms with Crippen LogP contribution in [0.2, 0.25) is 0 Å². The van der Waals surface area contributed by atoms with Gasteiger partial charge < -0.3 is 4.90 Å². The fourth-order valence-corrected chi connectivity index (χ4v) is 5.28. The van der Waals surface area contributed by atoms with Gasteiger partial charge in [0, 0.05) is 12.1 Å². The standard InChI is InChI=1S/C11H17BrN2O2S2/c1-14(2)11(6-3-7-11)8-13-18(15,16)10-5-4-9(12)17-10/h4-5,13H,3,6-8H2,1-2H3. The SMILES string of the molecule is CN(C)C1(CNS(=O)(=O)c2ccc(Br)s2)CCC1. The molecule has 1 N–H and O–H groups in total. The smallest absolute Gasteiger partial charge is 0.250 e. The molecule has 7 heteroatoms. The molecule has 0 unspecified atom stereocenters. The Morgan fingerprint density at radius 2 is 2.11 bits per heavy atom. The van der Waals surface area contributed by atoms with Crippen molar-refractivity contribution < 1.29 is 8.42 Å². The van der Waals surface area contributed by atoms with Crippen LogP contribution in [-0.4, -0.2) is 39.5 Å². The maximum Gasteiger partial charge on any atom is 0.250 e. The summed E-state index contributed by atoms with van der Waals surface area (Å²) in [5, 5.41) is 0. The summed E-state index contributed by atoms with van der Waals surface area (Å²) in [4.78, 5) is 2.13. The zero-order chi connectivity index (χ0) is 13.4. The van der Waals surface area contributed by atoms with E-state index in [1.807, 2.05) is 14.1 Å². The van der Waals surface area contributed by atoms with Crippen molar-refractivity contribution in [3.8, 4) is 0 Å². The van der Waals surface area contributed by atoms with Gasteiger partial charge in [-0.15, -0.1) is 11.3 Å². The van der Waals surface area contributed by atoms with Crippen molar-refractivity contribution in [2.45, 2.75) is 29.0 Å². The van der Waals surface area contributed by atoms with Crippen LogP contribution in [0.1, 0.15) is 19.3 Å². The van der Waals surface area contributed by atoms with Gasteiger partial charge in [0.1, 0.15) is 4.21 Å². The lowest BCUT2D eigenvalue weighted by molar-refractivity contribution is 0.0657. The van der Waals surface area contributed by atoms with E-state index in [-0.39, 0.29) is 5.54 Å². The second kappa shape index (κ2) is 5.20. The van der Waals surface area contributed by atoms with E-state index in [0.717, 1.165) is 16.6 Å². The summed E-state index contributed by atoms with van der Waals surface area (Å²) in [7, 11) is 0.648. The molecule has 18 heavy (non-hydrogen) atoms. The Morgan fingerprint density at radius 1 is 1.44 bits per heavy atom. The minimum Gasteiger partial charge on any atom is -0.302 e. The zero-order valence-electron chi connectivity index (χ0n) is 10.4. The highest BCUT2D eigenvalue weighted by Crippen LogP contribution is 2.36. The summed E-state index contributed by atoms with van der Waals surface area (Å²) in [6.45, 7) is 0.484. The molecule has 1 aromatic heterocycles. The fourth-order valence-electron chi connectivity index (χ4n) is 2.11. The number of sulfonamides is 1. The Bertz CT molecular complexity index is 521. The van der Waals surface area contributed by atoms with Crippen molar-refractivity contribution >= 4 is 37.3 Å². The first kappa shape index (κ1) is 14.5. The lowest BCUT2D eigenvalue weighted by Crippen LogP contribution is -2.57. The highest BCUT2D eigenvalue weighted by molar-refractivity contribution is 9.11. The Kier molecular flexibility index (Phi) is 4.18. The number of rotatable bonds is 5. The molecule has 1 aliphatic rings. The number of likely N-dealkylation sites (N-methyl/N-ethyl adjacent to an activating group) is 1. The third-order valence-electron chi connectivity index (χ3n) is 3.64. The van der Waals surface area contributed by atoms with E-state index >= 15 is 0 Å². The molecule has 0 saturated heterocycles. The lowest BCUT2D eigenvalue weighted by atomic mass is 9.76. The van der Waals surface area contributed by atoms with E-state index in [1.165, 1.54) is 17.8 Å². The van der Waals surface area contributed by atoms with Gasteiger partial charge in [-0.05, 0) is 61.4 Å². The van der Waals surface area contributed by atoms with Crippen LogP contribution < -0.4 is 4.72 Å². The van der Waals surface area contributed by atoms with Crippen molar-refractivity contribution in [2.75, 3.05) is 20.6 Å². The van der Waals surface area contributed by atoms with E-state index < -0.39 is 10.0 Å². The average molecular weight is 353 g/mol. The maximum atomic E-state index is 12.1. The summed E-state index contributed by atoms with van der Waals surface area (Å²) in [6.07, 6.45) is 3.28. The van der Waals surface area contributed by atoms with Gasteiger partial charge in [-0.25, -0.2) is 13.1 Å². The maximum absolute atomic E-state index is 12.1. The van der Waals surface area contributed by atoms with Gasteiger partial charge in [0.25, 0.3) is 0 Å². The quantitative estimate of drug-likeness (QED) is 0.884. The highest BCUT2D eigenvalue weighted by Gasteiger charge is 2.39. The van der Waals surface area contributed by atoms with Crippen molar-refractivity contribution in [1.29, 1.82) is 0 Å². The van der Waals surface area contributed by atoms with Crippen molar-refractivity contribution in [3.63, 3.8) is 0 Å². The normalized spacial score (nSPS) is 18.9. The molecule has 0 bridgehead atoms. The fraction of sp³-hybridized carbons (Fsp3) is 0.636. The first-order valence-electron chi connectivity index (χ1n) is 5.78. The minimum atomic E-state index is -3.37. The molecule has 1 heterocycles. The topological polar surface area (TPSA) is 49.4 Å². The van der Waals surface area contributed by atoms with Crippen LogP contribution in [0.25, 0.3) is 0 Å². The average Bonchev–Trinajstić information content (AvgIpc) is 2.63. The number of hydrogen-bond acceptors (Lipinski definition) is 4. The van der Waals surface area contributed by atoms with Crippen LogP contribution in [0.15, 0.2) is 20.1 Å². The third kappa shape index (κ3) is 2.80. The summed E-state index contributed by atoms with van der Waals surface area (Å²) in [5.74, 6) is 0. The van der Waals surface area contributed by atoms with E-state index in [9.17, 15) is 8.42 Å². The highest BCUT2D eigenvalue weighted by atomic mass is 79.9. The second-order valence-corrected chi connectivity index (χ2v) is 9.31. The van der Waals surface area contributed by atoms with Gasteiger partial charge in [-0.1, -0.05) is 0 Å². The van der Waals surface area contributed by atoms with Crippen molar-refractivity contribution in [1.82, 2.24) is 9.62 Å². The molecule has 1 aromatic rings. The van der Waals surface area contributed by atoms with Crippen LogP contribution in [0.3, 0.4) is 0 Å². The third-order valence-corrected chi connectivity index (χ3v) is 7.15. The van der Waals surface area contributed by atoms with Crippen LogP contribution in [-0.2, 0) is 10.0 Å². The summed E-state index contributed by atoms with van der Waals surface area (Å²) < 4.78 is 28.2. The predicted octanol–water partition coefficient (Wildman–Crippen LogP) is 2.27. The van der Waals surface area contributed by atoms with E-state index in [1.54, 1.807) is 12.1 Å². The number of hydrogen-bond donors (Lipinski definition) is 1. The number of nitrogens with one attached hydrogen (secondary N) is 1. The second-order valence-electron chi connectivity index (χ2n) is 4.86. The van der Waals surface area contributed by atoms with Gasteiger partial charge in [-0.2, -0.15) is 0 Å². The monoisotopic (exact) mass is 352 g/mol. The Hall–Kier alpha value is 0.0500. The van der Waals surface area contributed by atoms with Crippen LogP contribution in [0.5, 0.6) is 0 Å². The molecule has 0 amide bonds. The summed E-state index contributed by atoms with van der Waals surface area (Å²) >= 11 is 4.51. The Morgan fingerprint density at radius 3 is 2.50 bits per heavy atom. The number of nitrogens with zero attached hydrogens (tertiary/aromatic N) is 1. The first-order valence-corrected chi connectivity index (χ1v) is 8.87. The number of thiophene rings is 1. The molecule has 1 saturated carbocycles. The molecule has 2 rings (SSSR count). The largest absolute Gasteiger partial charge is 0.302 e. The Balaban J connectivity index is 2.06. The molecular weight excluding hydrogens is 336 g/mol. The van der Waals surface area contributed by atoms with E-state index in [2.05, 4.69) is 25.6 Å². The van der Waals surface area contributed by atoms with E-state index in [4.69, 9.17) is 0 Å². The minimum absolute atomic E-state index is 0.00155. The van der Waals surface area contributed by atoms with Gasteiger partial charge in [0.2, 0.25) is 10.0 Å². The van der Waals surface area contributed by atoms with E-state index in [0.29, 0.717) is 10.8 Å². The number of halogens is 1. The van der Waals surface area contributed by atoms with Gasteiger partial charge in [-0.3, -0.25) is 0 Å². The molecule has 1 aliphatic carbocycles. The molecule has 0 radical (unpaired) electrons. The zero-order valence-corrected chi connectivity index (χ0v) is 13.7. The predicted molar refractivity (Wildman–Crippen MR) is 77.5 cm³/mol. The molecule has 0 aliphatic heterocycles. The molecular formula is C11H17BrN2O2S2.